The first kappa shape index (κ1) is 15.9. The molecule has 4 heteroatoms. The third-order valence-electron chi connectivity index (χ3n) is 3.13. The number of carboxylic acid groups (broad SMARTS) is 1. The molecule has 0 saturated heterocycles. The van der Waals surface area contributed by atoms with Crippen LogP contribution in [0.25, 0.3) is 0 Å². The van der Waals surface area contributed by atoms with Crippen molar-refractivity contribution in [3.8, 4) is 0 Å². The SMILES string of the molecule is CC(C)(C)c1ccc(Sc2ccc(C(=O)O)c(Cl)c2)cc1. The molecule has 110 valence electrons. The van der Waals surface area contributed by atoms with Gasteiger partial charge >= 0.3 is 5.97 Å². The Morgan fingerprint density at radius 2 is 1.62 bits per heavy atom. The van der Waals surface area contributed by atoms with Crippen LogP contribution >= 0.6 is 23.4 Å². The van der Waals surface area contributed by atoms with Gasteiger partial charge in [-0.3, -0.25) is 0 Å². The highest BCUT2D eigenvalue weighted by molar-refractivity contribution is 7.99. The summed E-state index contributed by atoms with van der Waals surface area (Å²) >= 11 is 7.55. The molecule has 0 amide bonds. The van der Waals surface area contributed by atoms with Gasteiger partial charge in [0.1, 0.15) is 0 Å². The van der Waals surface area contributed by atoms with Crippen LogP contribution in [0.2, 0.25) is 5.02 Å². The third kappa shape index (κ3) is 4.02. The highest BCUT2D eigenvalue weighted by atomic mass is 35.5. The van der Waals surface area contributed by atoms with E-state index in [9.17, 15) is 4.79 Å². The average Bonchev–Trinajstić information content (AvgIpc) is 2.38. The zero-order chi connectivity index (χ0) is 15.6. The van der Waals surface area contributed by atoms with Crippen molar-refractivity contribution in [3.05, 3.63) is 58.6 Å². The normalized spacial score (nSPS) is 11.4. The molecule has 0 heterocycles. The Labute approximate surface area is 134 Å². The first-order valence-corrected chi connectivity index (χ1v) is 7.78. The van der Waals surface area contributed by atoms with Crippen molar-refractivity contribution in [2.24, 2.45) is 0 Å². The summed E-state index contributed by atoms with van der Waals surface area (Å²) in [4.78, 5) is 13.0. The Morgan fingerprint density at radius 1 is 1.05 bits per heavy atom. The molecule has 0 radical (unpaired) electrons. The molecule has 1 N–H and O–H groups in total. The lowest BCUT2D eigenvalue weighted by Gasteiger charge is -2.19. The fourth-order valence-corrected chi connectivity index (χ4v) is 3.08. The van der Waals surface area contributed by atoms with E-state index in [-0.39, 0.29) is 16.0 Å². The quantitative estimate of drug-likeness (QED) is 0.812. The van der Waals surface area contributed by atoms with Crippen molar-refractivity contribution in [2.75, 3.05) is 0 Å². The largest absolute Gasteiger partial charge is 0.478 e. The predicted octanol–water partition coefficient (Wildman–Crippen LogP) is 5.49. The number of carboxylic acids is 1. The minimum Gasteiger partial charge on any atom is -0.478 e. The molecular weight excluding hydrogens is 304 g/mol. The van der Waals surface area contributed by atoms with Crippen LogP contribution in [0, 0.1) is 0 Å². The van der Waals surface area contributed by atoms with Crippen LogP contribution in [0.4, 0.5) is 0 Å². The van der Waals surface area contributed by atoms with Gasteiger partial charge in [-0.05, 0) is 41.3 Å². The molecule has 0 aromatic heterocycles. The molecule has 2 rings (SSSR count). The van der Waals surface area contributed by atoms with Crippen molar-refractivity contribution < 1.29 is 9.90 Å². The van der Waals surface area contributed by atoms with E-state index < -0.39 is 5.97 Å². The summed E-state index contributed by atoms with van der Waals surface area (Å²) in [6.07, 6.45) is 0. The second-order valence-corrected chi connectivity index (χ2v) is 7.38. The van der Waals surface area contributed by atoms with E-state index in [0.29, 0.717) is 0 Å². The van der Waals surface area contributed by atoms with Gasteiger partial charge in [0, 0.05) is 9.79 Å². The maximum absolute atomic E-state index is 10.9. The van der Waals surface area contributed by atoms with Gasteiger partial charge in [0.25, 0.3) is 0 Å². The van der Waals surface area contributed by atoms with Gasteiger partial charge in [0.05, 0.1) is 10.6 Å². The van der Waals surface area contributed by atoms with Crippen LogP contribution < -0.4 is 0 Å². The van der Waals surface area contributed by atoms with Crippen LogP contribution in [-0.4, -0.2) is 11.1 Å². The van der Waals surface area contributed by atoms with Crippen molar-refractivity contribution in [2.45, 2.75) is 36.0 Å². The van der Waals surface area contributed by atoms with Crippen molar-refractivity contribution in [3.63, 3.8) is 0 Å². The summed E-state index contributed by atoms with van der Waals surface area (Å²) in [5, 5.41) is 9.22. The van der Waals surface area contributed by atoms with Crippen molar-refractivity contribution >= 4 is 29.3 Å². The fourth-order valence-electron chi connectivity index (χ4n) is 1.89. The lowest BCUT2D eigenvalue weighted by molar-refractivity contribution is 0.0697. The summed E-state index contributed by atoms with van der Waals surface area (Å²) in [5.41, 5.74) is 1.55. The highest BCUT2D eigenvalue weighted by Crippen LogP contribution is 2.32. The summed E-state index contributed by atoms with van der Waals surface area (Å²) in [7, 11) is 0. The molecule has 2 nitrogen and oxygen atoms in total. The first-order valence-electron chi connectivity index (χ1n) is 6.58. The molecule has 0 aliphatic rings. The number of benzene rings is 2. The van der Waals surface area contributed by atoms with E-state index in [0.717, 1.165) is 9.79 Å². The fraction of sp³-hybridized carbons (Fsp3) is 0.235. The van der Waals surface area contributed by atoms with E-state index in [1.54, 1.807) is 23.9 Å². The second-order valence-electron chi connectivity index (χ2n) is 5.82. The molecule has 0 bridgehead atoms. The van der Waals surface area contributed by atoms with E-state index in [4.69, 9.17) is 16.7 Å². The van der Waals surface area contributed by atoms with Crippen LogP contribution in [0.1, 0.15) is 36.7 Å². The number of aromatic carboxylic acids is 1. The number of halogens is 1. The molecule has 2 aromatic carbocycles. The van der Waals surface area contributed by atoms with E-state index in [1.165, 1.54) is 11.6 Å². The smallest absolute Gasteiger partial charge is 0.337 e. The number of rotatable bonds is 3. The summed E-state index contributed by atoms with van der Waals surface area (Å²) in [6, 6.07) is 13.4. The first-order chi connectivity index (χ1) is 9.77. The topological polar surface area (TPSA) is 37.3 Å². The predicted molar refractivity (Wildman–Crippen MR) is 87.7 cm³/mol. The number of hydrogen-bond donors (Lipinski definition) is 1. The molecule has 0 aliphatic heterocycles. The van der Waals surface area contributed by atoms with E-state index in [1.807, 2.05) is 0 Å². The van der Waals surface area contributed by atoms with Gasteiger partial charge < -0.3 is 5.11 Å². The molecule has 0 aliphatic carbocycles. The molecule has 0 unspecified atom stereocenters. The van der Waals surface area contributed by atoms with Gasteiger partial charge in [0.2, 0.25) is 0 Å². The van der Waals surface area contributed by atoms with Gasteiger partial charge in [0.15, 0.2) is 0 Å². The van der Waals surface area contributed by atoms with Crippen LogP contribution in [0.5, 0.6) is 0 Å². The summed E-state index contributed by atoms with van der Waals surface area (Å²) in [5.74, 6) is -1.01. The number of carbonyl (C=O) groups is 1. The molecule has 2 aromatic rings. The Balaban J connectivity index is 2.19. The zero-order valence-electron chi connectivity index (χ0n) is 12.2. The maximum atomic E-state index is 10.9. The third-order valence-corrected chi connectivity index (χ3v) is 4.44. The average molecular weight is 321 g/mol. The Hall–Kier alpha value is -1.45. The van der Waals surface area contributed by atoms with Crippen molar-refractivity contribution in [1.29, 1.82) is 0 Å². The van der Waals surface area contributed by atoms with Gasteiger partial charge in [-0.15, -0.1) is 0 Å². The highest BCUT2D eigenvalue weighted by Gasteiger charge is 2.13. The molecular formula is C17H17ClO2S. The minimum absolute atomic E-state index is 0.129. The molecule has 0 saturated carbocycles. The van der Waals surface area contributed by atoms with Crippen LogP contribution in [0.3, 0.4) is 0 Å². The van der Waals surface area contributed by atoms with Gasteiger partial charge in [-0.25, -0.2) is 4.79 Å². The standard InChI is InChI=1S/C17H17ClO2S/c1-17(2,3)11-4-6-12(7-5-11)21-13-8-9-14(16(19)20)15(18)10-13/h4-10H,1-3H3,(H,19,20). The summed E-state index contributed by atoms with van der Waals surface area (Å²) in [6.45, 7) is 6.54. The molecule has 0 fully saturated rings. The monoisotopic (exact) mass is 320 g/mol. The lowest BCUT2D eigenvalue weighted by atomic mass is 9.87. The van der Waals surface area contributed by atoms with E-state index >= 15 is 0 Å². The Bertz CT molecular complexity index is 657. The zero-order valence-corrected chi connectivity index (χ0v) is 13.8. The van der Waals surface area contributed by atoms with E-state index in [2.05, 4.69) is 45.0 Å². The Morgan fingerprint density at radius 3 is 2.10 bits per heavy atom. The molecule has 0 atom stereocenters. The van der Waals surface area contributed by atoms with Gasteiger partial charge in [-0.2, -0.15) is 0 Å². The molecule has 21 heavy (non-hydrogen) atoms. The second kappa shape index (κ2) is 6.12. The van der Waals surface area contributed by atoms with Gasteiger partial charge in [-0.1, -0.05) is 56.3 Å². The number of hydrogen-bond acceptors (Lipinski definition) is 2. The van der Waals surface area contributed by atoms with Crippen molar-refractivity contribution in [1.82, 2.24) is 0 Å². The van der Waals surface area contributed by atoms with Crippen LogP contribution in [-0.2, 0) is 5.41 Å². The summed E-state index contributed by atoms with van der Waals surface area (Å²) < 4.78 is 0. The molecule has 0 spiro atoms. The van der Waals surface area contributed by atoms with Crippen LogP contribution in [0.15, 0.2) is 52.3 Å². The Kier molecular flexibility index (Phi) is 4.64. The minimum atomic E-state index is -1.01. The maximum Gasteiger partial charge on any atom is 0.337 e. The lowest BCUT2D eigenvalue weighted by Crippen LogP contribution is -2.10.